The Bertz CT molecular complexity index is 918. The van der Waals surface area contributed by atoms with E-state index in [0.29, 0.717) is 18.1 Å². The van der Waals surface area contributed by atoms with Crippen LogP contribution in [-0.4, -0.2) is 31.2 Å². The molecule has 0 aliphatic carbocycles. The highest BCUT2D eigenvalue weighted by atomic mass is 16.3. The second-order valence-electron chi connectivity index (χ2n) is 5.69. The van der Waals surface area contributed by atoms with Crippen LogP contribution < -0.4 is 5.32 Å². The van der Waals surface area contributed by atoms with Gasteiger partial charge in [0.05, 0.1) is 6.61 Å². The Balaban J connectivity index is 1.86. The number of hydrogen-bond acceptors (Lipinski definition) is 5. The molecule has 0 aliphatic rings. The molecule has 132 valence electrons. The third kappa shape index (κ3) is 4.01. The lowest BCUT2D eigenvalue weighted by Crippen LogP contribution is -2.27. The Morgan fingerprint density at radius 1 is 1.12 bits per heavy atom. The van der Waals surface area contributed by atoms with Gasteiger partial charge in [-0.2, -0.15) is 4.68 Å². The van der Waals surface area contributed by atoms with Crippen LogP contribution in [0.1, 0.15) is 22.5 Å². The molecule has 0 aliphatic heterocycles. The minimum atomic E-state index is -0.308. The summed E-state index contributed by atoms with van der Waals surface area (Å²) in [6.07, 6.45) is 1.73. The summed E-state index contributed by atoms with van der Waals surface area (Å²) in [5.74, 6) is 0.204. The van der Waals surface area contributed by atoms with Crippen LogP contribution in [-0.2, 0) is 17.9 Å². The van der Waals surface area contributed by atoms with Crippen LogP contribution in [0.3, 0.4) is 0 Å². The van der Waals surface area contributed by atoms with Crippen molar-refractivity contribution in [3.8, 4) is 0 Å². The molecule has 2 N–H and O–H groups in total. The largest absolute Gasteiger partial charge is 0.392 e. The zero-order valence-electron chi connectivity index (χ0n) is 14.3. The maximum atomic E-state index is 12.8. The lowest BCUT2D eigenvalue weighted by molar-refractivity contribution is -0.116. The van der Waals surface area contributed by atoms with E-state index in [1.165, 1.54) is 4.68 Å². The summed E-state index contributed by atoms with van der Waals surface area (Å²) < 4.78 is 1.40. The van der Waals surface area contributed by atoms with E-state index < -0.39 is 0 Å². The van der Waals surface area contributed by atoms with E-state index in [2.05, 4.69) is 20.8 Å². The number of aromatic nitrogens is 4. The normalized spacial score (nSPS) is 11.4. The molecule has 0 unspecified atom stereocenters. The number of aliphatic hydroxyl groups excluding tert-OH is 1. The summed E-state index contributed by atoms with van der Waals surface area (Å²) in [5.41, 5.74) is 2.82. The van der Waals surface area contributed by atoms with Crippen molar-refractivity contribution in [1.82, 2.24) is 25.5 Å². The lowest BCUT2D eigenvalue weighted by atomic mass is 10.1. The Hall–Kier alpha value is -3.32. The Kier molecular flexibility index (Phi) is 5.50. The number of amides is 1. The number of benzene rings is 2. The highest BCUT2D eigenvalue weighted by molar-refractivity contribution is 6.18. The third-order valence-corrected chi connectivity index (χ3v) is 3.92. The molecule has 7 nitrogen and oxygen atoms in total. The van der Waals surface area contributed by atoms with Gasteiger partial charge in [0.1, 0.15) is 5.70 Å². The standard InChI is InChI=1S/C19H19N5O2/c1-14-21-22-23-24(14)18(11-15-7-3-2-4-8-15)19(26)20-12-16-9-5-6-10-17(16)13-25/h2-11,25H,12-13H2,1H3,(H,20,26)/b18-11+. The van der Waals surface area contributed by atoms with Crippen LogP contribution in [0, 0.1) is 6.92 Å². The van der Waals surface area contributed by atoms with Gasteiger partial charge in [0, 0.05) is 6.54 Å². The van der Waals surface area contributed by atoms with Gasteiger partial charge in [-0.1, -0.05) is 54.6 Å². The van der Waals surface area contributed by atoms with Crippen LogP contribution in [0.4, 0.5) is 0 Å². The van der Waals surface area contributed by atoms with Crippen molar-refractivity contribution in [1.29, 1.82) is 0 Å². The first kappa shape index (κ1) is 17.5. The summed E-state index contributed by atoms with van der Waals surface area (Å²) in [6, 6.07) is 16.9. The number of aliphatic hydroxyl groups is 1. The van der Waals surface area contributed by atoms with E-state index in [1.54, 1.807) is 13.0 Å². The first-order valence-corrected chi connectivity index (χ1v) is 8.17. The molecule has 0 bridgehead atoms. The van der Waals surface area contributed by atoms with Gasteiger partial charge >= 0.3 is 0 Å². The van der Waals surface area contributed by atoms with Crippen molar-refractivity contribution < 1.29 is 9.90 Å². The van der Waals surface area contributed by atoms with E-state index in [1.807, 2.05) is 54.6 Å². The predicted molar refractivity (Wildman–Crippen MR) is 97.4 cm³/mol. The zero-order valence-corrected chi connectivity index (χ0v) is 14.3. The van der Waals surface area contributed by atoms with E-state index in [4.69, 9.17) is 0 Å². The third-order valence-electron chi connectivity index (χ3n) is 3.92. The molecule has 1 amide bonds. The Morgan fingerprint density at radius 3 is 2.46 bits per heavy atom. The monoisotopic (exact) mass is 349 g/mol. The van der Waals surface area contributed by atoms with Crippen molar-refractivity contribution in [2.45, 2.75) is 20.1 Å². The van der Waals surface area contributed by atoms with Gasteiger partial charge in [-0.3, -0.25) is 4.79 Å². The molecule has 26 heavy (non-hydrogen) atoms. The molecule has 1 heterocycles. The van der Waals surface area contributed by atoms with Crippen LogP contribution in [0.25, 0.3) is 11.8 Å². The summed E-state index contributed by atoms with van der Waals surface area (Å²) in [7, 11) is 0. The number of aryl methyl sites for hydroxylation is 1. The fourth-order valence-corrected chi connectivity index (χ4v) is 2.53. The van der Waals surface area contributed by atoms with Gasteiger partial charge in [-0.25, -0.2) is 0 Å². The average Bonchev–Trinajstić information content (AvgIpc) is 3.10. The van der Waals surface area contributed by atoms with Gasteiger partial charge in [-0.15, -0.1) is 5.10 Å². The van der Waals surface area contributed by atoms with Crippen LogP contribution in [0.15, 0.2) is 54.6 Å². The van der Waals surface area contributed by atoms with Crippen LogP contribution >= 0.6 is 0 Å². The maximum Gasteiger partial charge on any atom is 0.270 e. The quantitative estimate of drug-likeness (QED) is 0.662. The summed E-state index contributed by atoms with van der Waals surface area (Å²) in [6.45, 7) is 1.95. The number of carbonyl (C=O) groups excluding carboxylic acids is 1. The lowest BCUT2D eigenvalue weighted by Gasteiger charge is -2.11. The molecule has 2 aromatic carbocycles. The highest BCUT2D eigenvalue weighted by Gasteiger charge is 2.16. The molecular weight excluding hydrogens is 330 g/mol. The molecule has 7 heteroatoms. The van der Waals surface area contributed by atoms with Crippen LogP contribution in [0.5, 0.6) is 0 Å². The summed E-state index contributed by atoms with van der Waals surface area (Å²) in [5, 5.41) is 23.7. The highest BCUT2D eigenvalue weighted by Crippen LogP contribution is 2.13. The molecule has 3 aromatic rings. The molecule has 0 fully saturated rings. The second-order valence-corrected chi connectivity index (χ2v) is 5.69. The molecule has 1 aromatic heterocycles. The van der Waals surface area contributed by atoms with Gasteiger partial charge in [0.25, 0.3) is 5.91 Å². The van der Waals surface area contributed by atoms with E-state index in [9.17, 15) is 9.90 Å². The number of nitrogens with zero attached hydrogens (tertiary/aromatic N) is 4. The first-order chi connectivity index (χ1) is 12.7. The van der Waals surface area contributed by atoms with Crippen molar-refractivity contribution in [3.05, 3.63) is 77.1 Å². The summed E-state index contributed by atoms with van der Waals surface area (Å²) >= 11 is 0. The van der Waals surface area contributed by atoms with Gasteiger partial charge in [0.2, 0.25) is 0 Å². The number of hydrogen-bond donors (Lipinski definition) is 2. The Morgan fingerprint density at radius 2 is 1.81 bits per heavy atom. The number of nitrogens with one attached hydrogen (secondary N) is 1. The topological polar surface area (TPSA) is 92.9 Å². The first-order valence-electron chi connectivity index (χ1n) is 8.17. The number of rotatable bonds is 6. The van der Waals surface area contributed by atoms with Gasteiger partial charge in [0.15, 0.2) is 5.82 Å². The van der Waals surface area contributed by atoms with Crippen molar-refractivity contribution in [3.63, 3.8) is 0 Å². The fraction of sp³-hybridized carbons (Fsp3) is 0.158. The minimum Gasteiger partial charge on any atom is -0.392 e. The molecule has 0 spiro atoms. The fourth-order valence-electron chi connectivity index (χ4n) is 2.53. The van der Waals surface area contributed by atoms with Gasteiger partial charge < -0.3 is 10.4 Å². The smallest absolute Gasteiger partial charge is 0.270 e. The number of tetrazole rings is 1. The minimum absolute atomic E-state index is 0.0785. The van der Waals surface area contributed by atoms with Crippen LogP contribution in [0.2, 0.25) is 0 Å². The van der Waals surface area contributed by atoms with Crippen molar-refractivity contribution in [2.75, 3.05) is 0 Å². The predicted octanol–water partition coefficient (Wildman–Crippen LogP) is 1.79. The molecule has 0 saturated heterocycles. The summed E-state index contributed by atoms with van der Waals surface area (Å²) in [4.78, 5) is 12.8. The molecular formula is C19H19N5O2. The second kappa shape index (κ2) is 8.17. The molecule has 0 radical (unpaired) electrons. The molecule has 0 atom stereocenters. The zero-order chi connectivity index (χ0) is 18.4. The molecule has 3 rings (SSSR count). The van der Waals surface area contributed by atoms with E-state index >= 15 is 0 Å². The molecule has 0 saturated carbocycles. The van der Waals surface area contributed by atoms with Crippen molar-refractivity contribution in [2.24, 2.45) is 0 Å². The SMILES string of the molecule is Cc1nnnn1/C(=C/c1ccccc1)C(=O)NCc1ccccc1CO. The average molecular weight is 349 g/mol. The number of carbonyl (C=O) groups is 1. The Labute approximate surface area is 151 Å². The van der Waals surface area contributed by atoms with E-state index in [-0.39, 0.29) is 12.5 Å². The van der Waals surface area contributed by atoms with Gasteiger partial charge in [-0.05, 0) is 40.1 Å². The van der Waals surface area contributed by atoms with Crippen molar-refractivity contribution >= 4 is 17.7 Å². The maximum absolute atomic E-state index is 12.8. The van der Waals surface area contributed by atoms with E-state index in [0.717, 1.165) is 16.7 Å².